The minimum Gasteiger partial charge on any atom is -0.493 e. The van der Waals surface area contributed by atoms with Gasteiger partial charge in [0, 0.05) is 6.07 Å². The molecular weight excluding hydrogens is 486 g/mol. The van der Waals surface area contributed by atoms with E-state index in [9.17, 15) is 28.0 Å². The van der Waals surface area contributed by atoms with Crippen LogP contribution in [0, 0.1) is 11.6 Å². The third-order valence-electron chi connectivity index (χ3n) is 4.52. The number of esters is 1. The topological polar surface area (TPSA) is 111 Å². The number of carbonyl (C=O) groups is 4. The second-order valence-electron chi connectivity index (χ2n) is 6.94. The highest BCUT2D eigenvalue weighted by atomic mass is 32.2. The van der Waals surface area contributed by atoms with Crippen LogP contribution >= 0.6 is 11.8 Å². The van der Waals surface area contributed by atoms with Crippen LogP contribution in [0.15, 0.2) is 41.3 Å². The summed E-state index contributed by atoms with van der Waals surface area (Å²) in [6.07, 6.45) is 1.42. The molecule has 1 saturated heterocycles. The summed E-state index contributed by atoms with van der Waals surface area (Å²) in [5.74, 6) is -3.38. The molecule has 0 atom stereocenters. The number of methoxy groups -OCH3 is 1. The van der Waals surface area contributed by atoms with Crippen LogP contribution in [0.2, 0.25) is 0 Å². The first kappa shape index (κ1) is 25.7. The number of benzene rings is 2. The summed E-state index contributed by atoms with van der Waals surface area (Å²) in [4.78, 5) is 49.6. The molecule has 3 rings (SSSR count). The van der Waals surface area contributed by atoms with Crippen molar-refractivity contribution in [1.82, 2.24) is 4.90 Å². The molecule has 3 amide bonds. The zero-order valence-corrected chi connectivity index (χ0v) is 19.4. The molecule has 0 radical (unpaired) electrons. The summed E-state index contributed by atoms with van der Waals surface area (Å²) in [5, 5.41) is 1.51. The largest absolute Gasteiger partial charge is 0.493 e. The van der Waals surface area contributed by atoms with Crippen molar-refractivity contribution in [2.24, 2.45) is 0 Å². The molecule has 0 unspecified atom stereocenters. The number of rotatable bonds is 9. The quantitative estimate of drug-likeness (QED) is 0.406. The van der Waals surface area contributed by atoms with Crippen LogP contribution < -0.4 is 14.8 Å². The fourth-order valence-corrected chi connectivity index (χ4v) is 3.79. The third kappa shape index (κ3) is 6.57. The number of anilines is 1. The zero-order chi connectivity index (χ0) is 25.5. The summed E-state index contributed by atoms with van der Waals surface area (Å²) in [5.41, 5.74) is 0.181. The van der Waals surface area contributed by atoms with Crippen molar-refractivity contribution in [3.8, 4) is 11.5 Å². The molecule has 0 saturated carbocycles. The molecule has 1 fully saturated rings. The molecule has 1 aliphatic heterocycles. The Labute approximate surface area is 203 Å². The van der Waals surface area contributed by atoms with E-state index in [1.807, 2.05) is 0 Å². The first-order valence-electron chi connectivity index (χ1n) is 10.2. The van der Waals surface area contributed by atoms with Gasteiger partial charge in [-0.25, -0.2) is 13.6 Å². The second-order valence-corrected chi connectivity index (χ2v) is 7.94. The van der Waals surface area contributed by atoms with Crippen molar-refractivity contribution in [3.05, 3.63) is 58.5 Å². The van der Waals surface area contributed by atoms with E-state index < -0.39 is 41.2 Å². The predicted octanol–water partition coefficient (Wildman–Crippen LogP) is 3.59. The van der Waals surface area contributed by atoms with Gasteiger partial charge in [-0.05, 0) is 54.6 Å². The summed E-state index contributed by atoms with van der Waals surface area (Å²) < 4.78 is 42.2. The van der Waals surface area contributed by atoms with Gasteiger partial charge in [0.25, 0.3) is 11.1 Å². The first-order chi connectivity index (χ1) is 16.7. The van der Waals surface area contributed by atoms with Crippen molar-refractivity contribution in [1.29, 1.82) is 0 Å². The SMILES string of the molecule is CCOC(=O)COc1cc(/C=C2\SC(=O)N(CC(=O)Nc3ccc(F)cc3F)C2=O)ccc1OC. The number of nitrogens with one attached hydrogen (secondary N) is 1. The van der Waals surface area contributed by atoms with Crippen molar-refractivity contribution < 1.29 is 42.2 Å². The van der Waals surface area contributed by atoms with Crippen LogP contribution in [0.4, 0.5) is 19.3 Å². The number of nitrogens with zero attached hydrogens (tertiary/aromatic N) is 1. The van der Waals surface area contributed by atoms with Crippen LogP contribution in [-0.2, 0) is 19.1 Å². The molecule has 0 aliphatic carbocycles. The molecule has 1 aliphatic rings. The van der Waals surface area contributed by atoms with Gasteiger partial charge in [0.15, 0.2) is 18.1 Å². The van der Waals surface area contributed by atoms with Gasteiger partial charge in [-0.15, -0.1) is 0 Å². The Bertz CT molecular complexity index is 1200. The van der Waals surface area contributed by atoms with E-state index in [1.54, 1.807) is 19.1 Å². The summed E-state index contributed by atoms with van der Waals surface area (Å²) in [6.45, 7) is 0.853. The number of imide groups is 1. The van der Waals surface area contributed by atoms with E-state index in [2.05, 4.69) is 5.32 Å². The van der Waals surface area contributed by atoms with Gasteiger partial charge in [-0.1, -0.05) is 6.07 Å². The van der Waals surface area contributed by atoms with Gasteiger partial charge >= 0.3 is 5.97 Å². The van der Waals surface area contributed by atoms with Crippen LogP contribution in [0.1, 0.15) is 12.5 Å². The summed E-state index contributed by atoms with van der Waals surface area (Å²) in [7, 11) is 1.42. The fourth-order valence-electron chi connectivity index (χ4n) is 2.95. The smallest absolute Gasteiger partial charge is 0.344 e. The van der Waals surface area contributed by atoms with Gasteiger partial charge in [-0.3, -0.25) is 19.3 Å². The van der Waals surface area contributed by atoms with Crippen LogP contribution in [-0.4, -0.2) is 54.8 Å². The Morgan fingerprint density at radius 2 is 1.89 bits per heavy atom. The van der Waals surface area contributed by atoms with Gasteiger partial charge in [0.05, 0.1) is 24.3 Å². The number of hydrogen-bond donors (Lipinski definition) is 1. The second kappa shape index (κ2) is 11.5. The molecule has 184 valence electrons. The molecule has 0 aromatic heterocycles. The lowest BCUT2D eigenvalue weighted by Gasteiger charge is -2.13. The van der Waals surface area contributed by atoms with Crippen LogP contribution in [0.3, 0.4) is 0 Å². The number of amides is 3. The van der Waals surface area contributed by atoms with Gasteiger partial charge in [0.2, 0.25) is 5.91 Å². The molecule has 1 N–H and O–H groups in total. The van der Waals surface area contributed by atoms with E-state index in [1.165, 1.54) is 19.3 Å². The maximum absolute atomic E-state index is 13.7. The summed E-state index contributed by atoms with van der Waals surface area (Å²) in [6, 6.07) is 7.26. The fraction of sp³-hybridized carbons (Fsp3) is 0.217. The van der Waals surface area contributed by atoms with Crippen LogP contribution in [0.5, 0.6) is 11.5 Å². The standard InChI is InChI=1S/C23H20F2N2O7S/c1-3-33-21(29)12-34-18-8-13(4-7-17(18)32-2)9-19-22(30)27(23(31)35-19)11-20(28)26-16-6-5-14(24)10-15(16)25/h4-10H,3,11-12H2,1-2H3,(H,26,28)/b19-9-. The van der Waals surface area contributed by atoms with Crippen molar-refractivity contribution in [2.45, 2.75) is 6.92 Å². The molecule has 0 spiro atoms. The number of carbonyl (C=O) groups excluding carboxylic acids is 4. The van der Waals surface area contributed by atoms with E-state index >= 15 is 0 Å². The van der Waals surface area contributed by atoms with Crippen molar-refractivity contribution in [3.63, 3.8) is 0 Å². The Morgan fingerprint density at radius 1 is 1.11 bits per heavy atom. The molecule has 2 aromatic rings. The molecular formula is C23H20F2N2O7S. The highest BCUT2D eigenvalue weighted by Crippen LogP contribution is 2.34. The van der Waals surface area contributed by atoms with E-state index in [4.69, 9.17) is 14.2 Å². The average Bonchev–Trinajstić information content (AvgIpc) is 3.07. The molecule has 0 bridgehead atoms. The summed E-state index contributed by atoms with van der Waals surface area (Å²) >= 11 is 0.619. The van der Waals surface area contributed by atoms with Gasteiger partial charge in [0.1, 0.15) is 18.2 Å². The zero-order valence-electron chi connectivity index (χ0n) is 18.6. The minimum atomic E-state index is -0.993. The Balaban J connectivity index is 1.71. The van der Waals surface area contributed by atoms with Crippen molar-refractivity contribution >= 4 is 46.5 Å². The Kier molecular flexibility index (Phi) is 8.42. The Hall–Kier alpha value is -3.93. The number of hydrogen-bond acceptors (Lipinski definition) is 8. The van der Waals surface area contributed by atoms with Gasteiger partial charge in [-0.2, -0.15) is 0 Å². The van der Waals surface area contributed by atoms with Crippen molar-refractivity contribution in [2.75, 3.05) is 32.2 Å². The number of halogens is 2. The maximum Gasteiger partial charge on any atom is 0.344 e. The predicted molar refractivity (Wildman–Crippen MR) is 123 cm³/mol. The molecule has 12 heteroatoms. The minimum absolute atomic E-state index is 0.0391. The maximum atomic E-state index is 13.7. The van der Waals surface area contributed by atoms with Crippen LogP contribution in [0.25, 0.3) is 6.08 Å². The average molecular weight is 506 g/mol. The molecule has 1 heterocycles. The molecule has 9 nitrogen and oxygen atoms in total. The lowest BCUT2D eigenvalue weighted by Crippen LogP contribution is -2.36. The highest BCUT2D eigenvalue weighted by molar-refractivity contribution is 8.18. The van der Waals surface area contributed by atoms with E-state index in [0.29, 0.717) is 34.0 Å². The number of thioether (sulfide) groups is 1. The normalized spacial score (nSPS) is 14.3. The molecule has 2 aromatic carbocycles. The van der Waals surface area contributed by atoms with E-state index in [0.717, 1.165) is 12.1 Å². The Morgan fingerprint density at radius 3 is 2.57 bits per heavy atom. The first-order valence-corrected chi connectivity index (χ1v) is 11.0. The highest BCUT2D eigenvalue weighted by Gasteiger charge is 2.36. The lowest BCUT2D eigenvalue weighted by molar-refractivity contribution is -0.145. The molecule has 35 heavy (non-hydrogen) atoms. The van der Waals surface area contributed by atoms with E-state index in [-0.39, 0.29) is 29.6 Å². The number of ether oxygens (including phenoxy) is 3. The lowest BCUT2D eigenvalue weighted by atomic mass is 10.2. The monoisotopic (exact) mass is 506 g/mol. The van der Waals surface area contributed by atoms with Gasteiger partial charge < -0.3 is 19.5 Å². The third-order valence-corrected chi connectivity index (χ3v) is 5.42.